The molecule has 2 heterocycles. The van der Waals surface area contributed by atoms with Gasteiger partial charge in [0, 0.05) is 29.8 Å². The number of aromatic nitrogens is 2. The van der Waals surface area contributed by atoms with Crippen LogP contribution in [0.2, 0.25) is 0 Å². The average molecular weight is 246 g/mol. The van der Waals surface area contributed by atoms with Gasteiger partial charge in [0.15, 0.2) is 5.78 Å². The molecule has 0 saturated heterocycles. The van der Waals surface area contributed by atoms with Crippen molar-refractivity contribution in [2.24, 2.45) is 0 Å². The maximum absolute atomic E-state index is 12.1. The van der Waals surface area contributed by atoms with E-state index in [9.17, 15) is 4.79 Å². The second-order valence-corrected chi connectivity index (χ2v) is 4.68. The number of carbonyl (C=O) groups excluding carboxylic acids is 1. The Hall–Kier alpha value is -2.55. The molecule has 1 aliphatic rings. The summed E-state index contributed by atoms with van der Waals surface area (Å²) in [6.45, 7) is 0. The number of nitrogens with zero attached hydrogens (tertiary/aromatic N) is 2. The molecule has 0 atom stereocenters. The number of Topliss-reactive ketones (excluding diaryl/α,β-unsaturated/α-hetero) is 1. The summed E-state index contributed by atoms with van der Waals surface area (Å²) in [5.41, 5.74) is 4.54. The van der Waals surface area contributed by atoms with Crippen LogP contribution >= 0.6 is 0 Å². The van der Waals surface area contributed by atoms with Crippen molar-refractivity contribution >= 4 is 16.7 Å². The molecule has 2 aromatic heterocycles. The Bertz CT molecular complexity index is 824. The Morgan fingerprint density at radius 3 is 2.84 bits per heavy atom. The van der Waals surface area contributed by atoms with Crippen LogP contribution in [0.5, 0.6) is 0 Å². The highest BCUT2D eigenvalue weighted by molar-refractivity contribution is 6.10. The Balaban J connectivity index is 2.17. The summed E-state index contributed by atoms with van der Waals surface area (Å²) < 4.78 is 0. The number of para-hydroxylation sites is 1. The van der Waals surface area contributed by atoms with Crippen LogP contribution in [-0.2, 0) is 6.42 Å². The number of fused-ring (bicyclic) bond motifs is 5. The van der Waals surface area contributed by atoms with Crippen LogP contribution in [0.15, 0.2) is 48.8 Å². The van der Waals surface area contributed by atoms with E-state index in [1.807, 2.05) is 42.6 Å². The number of rotatable bonds is 0. The van der Waals surface area contributed by atoms with Crippen molar-refractivity contribution in [1.29, 1.82) is 0 Å². The third-order valence-electron chi connectivity index (χ3n) is 3.55. The molecule has 0 N–H and O–H groups in total. The van der Waals surface area contributed by atoms with E-state index in [2.05, 4.69) is 9.97 Å². The van der Waals surface area contributed by atoms with E-state index < -0.39 is 0 Å². The van der Waals surface area contributed by atoms with E-state index in [0.717, 1.165) is 27.6 Å². The summed E-state index contributed by atoms with van der Waals surface area (Å²) in [4.78, 5) is 20.8. The highest BCUT2D eigenvalue weighted by atomic mass is 16.1. The lowest BCUT2D eigenvalue weighted by Gasteiger charge is -2.19. The summed E-state index contributed by atoms with van der Waals surface area (Å²) in [6, 6.07) is 11.8. The van der Waals surface area contributed by atoms with E-state index in [0.29, 0.717) is 12.1 Å². The van der Waals surface area contributed by atoms with Gasteiger partial charge >= 0.3 is 0 Å². The molecule has 0 fully saturated rings. The van der Waals surface area contributed by atoms with Crippen LogP contribution in [0.25, 0.3) is 22.0 Å². The molecule has 0 unspecified atom stereocenters. The SMILES string of the molecule is O=C1Cc2cnc3ccccc3c2-c2cccnc21. The zero-order chi connectivity index (χ0) is 12.8. The maximum Gasteiger partial charge on any atom is 0.186 e. The normalized spacial score (nSPS) is 13.2. The van der Waals surface area contributed by atoms with Crippen LogP contribution in [0.4, 0.5) is 0 Å². The fraction of sp³-hybridized carbons (Fsp3) is 0.0625. The lowest BCUT2D eigenvalue weighted by atomic mass is 9.86. The van der Waals surface area contributed by atoms with Crippen LogP contribution in [0, 0.1) is 0 Å². The lowest BCUT2D eigenvalue weighted by Crippen LogP contribution is -2.14. The first-order valence-electron chi connectivity index (χ1n) is 6.20. The fourth-order valence-corrected chi connectivity index (χ4v) is 2.72. The zero-order valence-corrected chi connectivity index (χ0v) is 10.1. The number of carbonyl (C=O) groups is 1. The summed E-state index contributed by atoms with van der Waals surface area (Å²) in [5, 5.41) is 1.08. The van der Waals surface area contributed by atoms with E-state index in [-0.39, 0.29) is 5.78 Å². The second kappa shape index (κ2) is 3.72. The van der Waals surface area contributed by atoms with Gasteiger partial charge in [-0.2, -0.15) is 0 Å². The number of hydrogen-bond donors (Lipinski definition) is 0. The molecule has 3 nitrogen and oxygen atoms in total. The minimum atomic E-state index is 0.0696. The van der Waals surface area contributed by atoms with E-state index >= 15 is 0 Å². The predicted molar refractivity (Wildman–Crippen MR) is 73.0 cm³/mol. The molecule has 0 spiro atoms. The van der Waals surface area contributed by atoms with Gasteiger partial charge in [0.25, 0.3) is 0 Å². The molecule has 3 aromatic rings. The van der Waals surface area contributed by atoms with Crippen molar-refractivity contribution in [1.82, 2.24) is 9.97 Å². The molecular formula is C16H10N2O. The van der Waals surface area contributed by atoms with Gasteiger partial charge in [0.2, 0.25) is 0 Å². The van der Waals surface area contributed by atoms with Gasteiger partial charge in [-0.1, -0.05) is 24.3 Å². The molecule has 3 heteroatoms. The van der Waals surface area contributed by atoms with Gasteiger partial charge in [-0.15, -0.1) is 0 Å². The molecule has 4 rings (SSSR count). The molecule has 0 radical (unpaired) electrons. The van der Waals surface area contributed by atoms with E-state index in [1.54, 1.807) is 6.20 Å². The third-order valence-corrected chi connectivity index (χ3v) is 3.55. The van der Waals surface area contributed by atoms with Crippen LogP contribution < -0.4 is 0 Å². The van der Waals surface area contributed by atoms with Gasteiger partial charge in [0.05, 0.1) is 5.52 Å². The Kier molecular flexibility index (Phi) is 2.03. The molecule has 0 aliphatic heterocycles. The van der Waals surface area contributed by atoms with Gasteiger partial charge in [0.1, 0.15) is 5.69 Å². The summed E-state index contributed by atoms with van der Waals surface area (Å²) in [5.74, 6) is 0.0696. The largest absolute Gasteiger partial charge is 0.292 e. The van der Waals surface area contributed by atoms with Gasteiger partial charge in [-0.05, 0) is 23.3 Å². The standard InChI is InChI=1S/C16H10N2O/c19-14-8-10-9-18-13-6-2-1-4-11(13)15(10)12-5-3-7-17-16(12)14/h1-7,9H,8H2. The molecular weight excluding hydrogens is 236 g/mol. The van der Waals surface area contributed by atoms with Crippen molar-refractivity contribution in [3.05, 3.63) is 60.0 Å². The topological polar surface area (TPSA) is 42.9 Å². The van der Waals surface area contributed by atoms with Crippen molar-refractivity contribution < 1.29 is 4.79 Å². The fourth-order valence-electron chi connectivity index (χ4n) is 2.72. The first-order valence-corrected chi connectivity index (χ1v) is 6.20. The van der Waals surface area contributed by atoms with E-state index in [1.165, 1.54) is 0 Å². The van der Waals surface area contributed by atoms with E-state index in [4.69, 9.17) is 0 Å². The number of hydrogen-bond acceptors (Lipinski definition) is 3. The molecule has 1 aliphatic carbocycles. The van der Waals surface area contributed by atoms with Crippen LogP contribution in [0.1, 0.15) is 16.1 Å². The maximum atomic E-state index is 12.1. The smallest absolute Gasteiger partial charge is 0.186 e. The molecule has 0 saturated carbocycles. The quantitative estimate of drug-likeness (QED) is 0.612. The Labute approximate surface area is 109 Å². The first-order chi connectivity index (χ1) is 9.34. The van der Waals surface area contributed by atoms with Gasteiger partial charge < -0.3 is 0 Å². The van der Waals surface area contributed by atoms with Gasteiger partial charge in [-0.3, -0.25) is 14.8 Å². The monoisotopic (exact) mass is 246 g/mol. The number of pyridine rings is 2. The molecule has 0 bridgehead atoms. The first kappa shape index (κ1) is 10.4. The summed E-state index contributed by atoms with van der Waals surface area (Å²) in [6.07, 6.45) is 3.87. The lowest BCUT2D eigenvalue weighted by molar-refractivity contribution is 0.0987. The minimum absolute atomic E-state index is 0.0696. The Morgan fingerprint density at radius 2 is 1.89 bits per heavy atom. The molecule has 1 aromatic carbocycles. The van der Waals surface area contributed by atoms with Crippen LogP contribution in [0.3, 0.4) is 0 Å². The van der Waals surface area contributed by atoms with Crippen molar-refractivity contribution in [3.63, 3.8) is 0 Å². The zero-order valence-electron chi connectivity index (χ0n) is 10.1. The van der Waals surface area contributed by atoms with Crippen molar-refractivity contribution in [2.45, 2.75) is 6.42 Å². The van der Waals surface area contributed by atoms with Crippen molar-refractivity contribution in [2.75, 3.05) is 0 Å². The Morgan fingerprint density at radius 1 is 1.00 bits per heavy atom. The highest BCUT2D eigenvalue weighted by Gasteiger charge is 2.25. The molecule has 19 heavy (non-hydrogen) atoms. The predicted octanol–water partition coefficient (Wildman–Crippen LogP) is 3.04. The average Bonchev–Trinajstić information content (AvgIpc) is 2.47. The summed E-state index contributed by atoms with van der Waals surface area (Å²) >= 11 is 0. The van der Waals surface area contributed by atoms with Gasteiger partial charge in [-0.25, -0.2) is 0 Å². The third kappa shape index (κ3) is 1.41. The molecule has 0 amide bonds. The van der Waals surface area contributed by atoms with Crippen molar-refractivity contribution in [3.8, 4) is 11.1 Å². The van der Waals surface area contributed by atoms with Crippen LogP contribution in [-0.4, -0.2) is 15.8 Å². The number of ketones is 1. The number of benzene rings is 1. The summed E-state index contributed by atoms with van der Waals surface area (Å²) in [7, 11) is 0. The highest BCUT2D eigenvalue weighted by Crippen LogP contribution is 2.36. The second-order valence-electron chi connectivity index (χ2n) is 4.68. The minimum Gasteiger partial charge on any atom is -0.292 e. The molecule has 90 valence electrons.